The standard InChI is InChI=1S/C15H14FN5O2S2.C14H13FN6O2S2.C9H8BrFO2.C6H7N5S2.C3H3ClN2S.C3H5N3S.B/c1-8-17-14(24-19-8)21(15-18-9(2)20-25-15)7-10-4-5-11(12(16)6-10)13(22)23-3;1-7-16-13(24-19-7)21(14-17-8(2)20-25-14)6-9-3-4-10(11(15)5-9)12(22)18-23;1-13-9(12)7-3-2-6(5-10)4-8(7)11;1-3-7-5(12-10-3)9-6-8-4(2)11-13-6;2*1-2-5-3(4)7-6-2;/h4-6H,7H2,1-3H3;3-5,23H,6H2,1-2H3,(H,18,22);2-4H,5H2,1H3;1-2H3,(H,7,8,9,10,11);1H3;1H3,(H2,4,5,6);. The van der Waals surface area contributed by atoms with Gasteiger partial charge in [0.15, 0.2) is 5.13 Å². The molecule has 3 radical (unpaired) electrons. The molecule has 11 rings (SSSR count). The van der Waals surface area contributed by atoms with Crippen molar-refractivity contribution < 1.29 is 42.2 Å². The van der Waals surface area contributed by atoms with Gasteiger partial charge >= 0.3 is 11.9 Å². The number of carbonyl (C=O) groups is 3. The molecule has 0 unspecified atom stereocenters. The molecule has 0 saturated heterocycles. The highest BCUT2D eigenvalue weighted by Gasteiger charge is 2.22. The van der Waals surface area contributed by atoms with Gasteiger partial charge < -0.3 is 20.5 Å². The van der Waals surface area contributed by atoms with E-state index >= 15 is 0 Å². The molecule has 0 aliphatic carbocycles. The van der Waals surface area contributed by atoms with E-state index in [2.05, 4.69) is 106 Å². The zero-order valence-corrected chi connectivity index (χ0v) is 58.0. The number of nitrogens with one attached hydrogen (secondary N) is 2. The molecule has 11 aromatic rings. The van der Waals surface area contributed by atoms with E-state index in [4.69, 9.17) is 22.5 Å². The molecule has 27 nitrogen and oxygen atoms in total. The van der Waals surface area contributed by atoms with Gasteiger partial charge in [-0.05, 0) is 132 Å². The number of hydroxylamine groups is 1. The zero-order valence-electron chi connectivity index (χ0n) is 49.2. The Morgan fingerprint density at radius 1 is 0.505 bits per heavy atom. The molecule has 41 heteroatoms. The van der Waals surface area contributed by atoms with Gasteiger partial charge in [0.05, 0.1) is 44.0 Å². The summed E-state index contributed by atoms with van der Waals surface area (Å²) >= 11 is 18.5. The average molecular weight is 1480 g/mol. The van der Waals surface area contributed by atoms with Crippen LogP contribution in [-0.2, 0) is 27.9 Å². The number of methoxy groups -OCH3 is 2. The van der Waals surface area contributed by atoms with Gasteiger partial charge in [0.2, 0.25) is 35.3 Å². The van der Waals surface area contributed by atoms with Gasteiger partial charge in [-0.3, -0.25) is 19.8 Å². The second kappa shape index (κ2) is 36.4. The van der Waals surface area contributed by atoms with E-state index in [0.717, 1.165) is 39.1 Å². The van der Waals surface area contributed by atoms with Gasteiger partial charge in [0.1, 0.15) is 64.0 Å². The first kappa shape index (κ1) is 74.1. The lowest BCUT2D eigenvalue weighted by molar-refractivity contribution is 0.0586. The molecular formula is C50H50BBrClF3N21O6S8. The topological polar surface area (TPSA) is 353 Å². The molecule has 0 aliphatic rings. The van der Waals surface area contributed by atoms with Crippen LogP contribution in [0.2, 0.25) is 4.47 Å². The van der Waals surface area contributed by atoms with Crippen molar-refractivity contribution in [3.8, 4) is 0 Å². The number of halogens is 5. The Morgan fingerprint density at radius 3 is 1.09 bits per heavy atom. The van der Waals surface area contributed by atoms with E-state index < -0.39 is 35.3 Å². The number of benzene rings is 3. The van der Waals surface area contributed by atoms with Gasteiger partial charge in [0.25, 0.3) is 5.91 Å². The Labute approximate surface area is 565 Å². The normalized spacial score (nSPS) is 10.2. The van der Waals surface area contributed by atoms with Crippen molar-refractivity contribution >= 4 is 182 Å². The minimum absolute atomic E-state index is 0. The van der Waals surface area contributed by atoms with E-state index in [0.29, 0.717) is 76.4 Å². The lowest BCUT2D eigenvalue weighted by atomic mass is 10.1. The minimum atomic E-state index is -0.902. The van der Waals surface area contributed by atoms with Crippen molar-refractivity contribution in [2.24, 2.45) is 0 Å². The Kier molecular flexibility index (Phi) is 29.6. The molecule has 0 bridgehead atoms. The second-order valence-electron chi connectivity index (χ2n) is 17.4. The van der Waals surface area contributed by atoms with Gasteiger partial charge in [0, 0.05) is 94.5 Å². The van der Waals surface area contributed by atoms with Crippen molar-refractivity contribution in [3.63, 3.8) is 0 Å². The van der Waals surface area contributed by atoms with Crippen molar-refractivity contribution in [1.82, 2.24) is 80.3 Å². The van der Waals surface area contributed by atoms with Crippen molar-refractivity contribution in [2.45, 2.75) is 73.8 Å². The van der Waals surface area contributed by atoms with E-state index in [1.54, 1.807) is 50.8 Å². The van der Waals surface area contributed by atoms with Crippen LogP contribution in [0.3, 0.4) is 0 Å². The van der Waals surface area contributed by atoms with Gasteiger partial charge in [-0.1, -0.05) is 34.1 Å². The summed E-state index contributed by atoms with van der Waals surface area (Å²) in [5, 5.41) is 16.8. The van der Waals surface area contributed by atoms with Gasteiger partial charge in [-0.2, -0.15) is 35.0 Å². The van der Waals surface area contributed by atoms with Crippen LogP contribution in [0.15, 0.2) is 54.6 Å². The molecule has 0 atom stereocenters. The summed E-state index contributed by atoms with van der Waals surface area (Å²) in [5.74, 6) is 1.43. The third kappa shape index (κ3) is 23.2. The van der Waals surface area contributed by atoms with Gasteiger partial charge in [-0.15, -0.1) is 0 Å². The summed E-state index contributed by atoms with van der Waals surface area (Å²) in [5.41, 5.74) is 8.31. The maximum atomic E-state index is 14.2. The fourth-order valence-electron chi connectivity index (χ4n) is 6.51. The van der Waals surface area contributed by atoms with E-state index in [1.165, 1.54) is 148 Å². The van der Waals surface area contributed by atoms with Crippen molar-refractivity contribution in [2.75, 3.05) is 35.1 Å². The first-order valence-corrected chi connectivity index (χ1v) is 32.8. The number of anilines is 7. The highest BCUT2D eigenvalue weighted by molar-refractivity contribution is 9.08. The molecule has 1 amide bonds. The van der Waals surface area contributed by atoms with Crippen LogP contribution < -0.4 is 26.3 Å². The molecule has 0 spiro atoms. The average Bonchev–Trinajstić information content (AvgIpc) is 1.90. The van der Waals surface area contributed by atoms with Crippen molar-refractivity contribution in [3.05, 3.63) is 156 Å². The number of hydrogen-bond donors (Lipinski definition) is 4. The predicted molar refractivity (Wildman–Crippen MR) is 351 cm³/mol. The number of nitrogens with zero attached hydrogens (tertiary/aromatic N) is 18. The molecule has 0 fully saturated rings. The lowest BCUT2D eigenvalue weighted by Crippen LogP contribution is -2.21. The summed E-state index contributed by atoms with van der Waals surface area (Å²) in [7, 11) is 2.44. The minimum Gasteiger partial charge on any atom is -0.465 e. The zero-order chi connectivity index (χ0) is 65.6. The Balaban J connectivity index is 0.000000211. The number of nitrogen functional groups attached to an aromatic ring is 1. The Morgan fingerprint density at radius 2 is 0.835 bits per heavy atom. The third-order valence-electron chi connectivity index (χ3n) is 10.4. The maximum absolute atomic E-state index is 14.2. The Bertz CT molecular complexity index is 3800. The number of hydrogen-bond acceptors (Lipinski definition) is 34. The monoisotopic (exact) mass is 1480 g/mol. The summed E-state index contributed by atoms with van der Waals surface area (Å²) in [6, 6.07) is 12.9. The fraction of sp³-hybridized carbons (Fsp3) is 0.260. The maximum Gasteiger partial charge on any atom is 0.340 e. The molecule has 5 N–H and O–H groups in total. The number of ether oxygens (including phenoxy) is 2. The van der Waals surface area contributed by atoms with Crippen LogP contribution in [0.1, 0.15) is 94.4 Å². The summed E-state index contributed by atoms with van der Waals surface area (Å²) in [4.78, 5) is 70.8. The van der Waals surface area contributed by atoms with E-state index in [1.807, 2.05) is 32.6 Å². The molecule has 91 heavy (non-hydrogen) atoms. The number of rotatable bonds is 14. The van der Waals surface area contributed by atoms with Crippen LogP contribution in [0.5, 0.6) is 0 Å². The molecule has 0 saturated carbocycles. The lowest BCUT2D eigenvalue weighted by Gasteiger charge is -2.18. The fourth-order valence-corrected chi connectivity index (χ4v) is 12.0. The molecule has 477 valence electrons. The van der Waals surface area contributed by atoms with Gasteiger partial charge in [-0.25, -0.2) is 68.1 Å². The van der Waals surface area contributed by atoms with Crippen LogP contribution in [-0.4, -0.2) is 121 Å². The molecule has 0 aliphatic heterocycles. The number of nitrogens with two attached hydrogens (primary N) is 1. The number of carbonyl (C=O) groups excluding carboxylic acids is 3. The SMILES string of the molecule is COC(=O)c1ccc(CBr)cc1F.COC(=O)c1ccc(CN(c2nc(C)ns2)c2nc(C)ns2)cc1F.Cc1nsc(Cl)n1.Cc1nsc(N(Cc2ccc(C(=O)NO)c(F)c2)c2nc(C)ns2)n1.Cc1nsc(N)n1.Cc1nsc(Nc2nc(C)ns2)n1.[B]. The summed E-state index contributed by atoms with van der Waals surface area (Å²) in [6.07, 6.45) is 0. The van der Waals surface area contributed by atoms with Crippen LogP contribution in [0.4, 0.5) is 49.1 Å². The van der Waals surface area contributed by atoms with Crippen LogP contribution >= 0.6 is 120 Å². The first-order chi connectivity index (χ1) is 42.9. The second-order valence-corrected chi connectivity index (χ2v) is 24.5. The van der Waals surface area contributed by atoms with Crippen molar-refractivity contribution in [1.29, 1.82) is 0 Å². The van der Waals surface area contributed by atoms with E-state index in [-0.39, 0.29) is 31.6 Å². The summed E-state index contributed by atoms with van der Waals surface area (Å²) in [6.45, 7) is 15.1. The molecule has 3 aromatic carbocycles. The number of aromatic nitrogens is 16. The number of alkyl halides is 1. The van der Waals surface area contributed by atoms with E-state index in [9.17, 15) is 27.6 Å². The number of amides is 1. The number of esters is 2. The molecular weight excluding hydrogens is 1430 g/mol. The third-order valence-corrected chi connectivity index (χ3v) is 17.3. The number of aryl methyl sites for hydroxylation is 8. The highest BCUT2D eigenvalue weighted by atomic mass is 79.9. The quantitative estimate of drug-likeness (QED) is 0.0258. The predicted octanol–water partition coefficient (Wildman–Crippen LogP) is 11.7. The Hall–Kier alpha value is -7.67. The smallest absolute Gasteiger partial charge is 0.340 e. The molecule has 8 aromatic heterocycles. The largest absolute Gasteiger partial charge is 0.465 e. The molecule has 8 heterocycles. The first-order valence-electron chi connectivity index (χ1n) is 25.1. The summed E-state index contributed by atoms with van der Waals surface area (Å²) < 4.78 is 83.4. The van der Waals surface area contributed by atoms with Crippen LogP contribution in [0, 0.1) is 72.8 Å². The highest BCUT2D eigenvalue weighted by Crippen LogP contribution is 2.32. The van der Waals surface area contributed by atoms with Crippen LogP contribution in [0.25, 0.3) is 0 Å².